The molecule has 1 aromatic rings. The number of guanidine groups is 1. The fraction of sp³-hybridized carbons (Fsp3) is 0.588. The molecule has 1 aliphatic carbocycles. The van der Waals surface area contributed by atoms with Crippen LogP contribution in [0, 0.1) is 5.92 Å². The fourth-order valence-electron chi connectivity index (χ4n) is 2.19. The summed E-state index contributed by atoms with van der Waals surface area (Å²) in [5, 5.41) is 3.40. The van der Waals surface area contributed by atoms with Crippen LogP contribution in [-0.4, -0.2) is 51.3 Å². The van der Waals surface area contributed by atoms with Crippen molar-refractivity contribution in [1.82, 2.24) is 10.2 Å². The van der Waals surface area contributed by atoms with Gasteiger partial charge in [-0.15, -0.1) is 24.0 Å². The Kier molecular flexibility index (Phi) is 9.47. The maximum absolute atomic E-state index is 5.67. The van der Waals surface area contributed by atoms with Crippen LogP contribution >= 0.6 is 24.0 Å². The molecule has 1 fully saturated rings. The van der Waals surface area contributed by atoms with Crippen molar-refractivity contribution in [2.75, 3.05) is 40.4 Å². The van der Waals surface area contributed by atoms with E-state index < -0.39 is 0 Å². The highest BCUT2D eigenvalue weighted by atomic mass is 127. The van der Waals surface area contributed by atoms with Crippen molar-refractivity contribution in [3.05, 3.63) is 35.9 Å². The zero-order valence-electron chi connectivity index (χ0n) is 13.6. The number of hydrogen-bond acceptors (Lipinski definition) is 2. The van der Waals surface area contributed by atoms with E-state index in [1.165, 1.54) is 18.4 Å². The molecule has 0 atom stereocenters. The normalized spacial score (nSPS) is 14.4. The number of hydrogen-bond donors (Lipinski definition) is 1. The lowest BCUT2D eigenvalue weighted by atomic mass is 10.1. The smallest absolute Gasteiger partial charge is 0.193 e. The van der Waals surface area contributed by atoms with E-state index >= 15 is 0 Å². The summed E-state index contributed by atoms with van der Waals surface area (Å²) in [4.78, 5) is 6.44. The van der Waals surface area contributed by atoms with E-state index in [1.807, 2.05) is 13.1 Å². The van der Waals surface area contributed by atoms with E-state index in [1.54, 1.807) is 0 Å². The molecule has 1 saturated carbocycles. The topological polar surface area (TPSA) is 36.9 Å². The molecule has 0 bridgehead atoms. The van der Waals surface area contributed by atoms with Crippen molar-refractivity contribution in [1.29, 1.82) is 0 Å². The summed E-state index contributed by atoms with van der Waals surface area (Å²) in [6.45, 7) is 3.46. The van der Waals surface area contributed by atoms with Gasteiger partial charge in [0.1, 0.15) is 0 Å². The predicted molar refractivity (Wildman–Crippen MR) is 103 cm³/mol. The second kappa shape index (κ2) is 10.8. The summed E-state index contributed by atoms with van der Waals surface area (Å²) in [5.41, 5.74) is 1.34. The predicted octanol–water partition coefficient (Wildman–Crippen LogP) is 2.78. The van der Waals surface area contributed by atoms with E-state index in [2.05, 4.69) is 46.5 Å². The van der Waals surface area contributed by atoms with E-state index in [0.717, 1.165) is 44.6 Å². The summed E-state index contributed by atoms with van der Waals surface area (Å²) in [5.74, 6) is 1.76. The van der Waals surface area contributed by atoms with E-state index in [-0.39, 0.29) is 24.0 Å². The average molecular weight is 417 g/mol. The van der Waals surface area contributed by atoms with Crippen molar-refractivity contribution in [2.45, 2.75) is 19.3 Å². The lowest BCUT2D eigenvalue weighted by Gasteiger charge is -2.22. The number of halogens is 1. The lowest BCUT2D eigenvalue weighted by molar-refractivity contribution is 0.115. The summed E-state index contributed by atoms with van der Waals surface area (Å²) >= 11 is 0. The summed E-state index contributed by atoms with van der Waals surface area (Å²) in [7, 11) is 3.88. The quantitative estimate of drug-likeness (QED) is 0.306. The number of nitrogens with zero attached hydrogens (tertiary/aromatic N) is 2. The molecule has 4 nitrogen and oxygen atoms in total. The molecule has 1 aromatic carbocycles. The Hall–Kier alpha value is -0.820. The fourth-order valence-corrected chi connectivity index (χ4v) is 2.19. The van der Waals surface area contributed by atoms with Gasteiger partial charge in [-0.2, -0.15) is 0 Å². The van der Waals surface area contributed by atoms with Crippen LogP contribution in [0.25, 0.3) is 0 Å². The van der Waals surface area contributed by atoms with Crippen LogP contribution < -0.4 is 5.32 Å². The van der Waals surface area contributed by atoms with Gasteiger partial charge in [0.25, 0.3) is 0 Å². The first kappa shape index (κ1) is 19.2. The van der Waals surface area contributed by atoms with Gasteiger partial charge in [0.2, 0.25) is 0 Å². The number of rotatable bonds is 8. The molecule has 0 amide bonds. The van der Waals surface area contributed by atoms with Crippen LogP contribution in [0.2, 0.25) is 0 Å². The standard InChI is InChI=1S/C17H27N3O.HI/c1-18-17(19-11-10-15-6-4-3-5-7-15)20(2)12-13-21-14-16-8-9-16;/h3-7,16H,8-14H2,1-2H3,(H,18,19);1H. The van der Waals surface area contributed by atoms with Crippen LogP contribution in [0.1, 0.15) is 18.4 Å². The molecule has 22 heavy (non-hydrogen) atoms. The summed E-state index contributed by atoms with van der Waals surface area (Å²) < 4.78 is 5.67. The van der Waals surface area contributed by atoms with Gasteiger partial charge in [-0.3, -0.25) is 4.99 Å². The Balaban J connectivity index is 0.00000242. The third kappa shape index (κ3) is 7.45. The minimum atomic E-state index is 0. The second-order valence-electron chi connectivity index (χ2n) is 5.65. The molecule has 5 heteroatoms. The SMILES string of the molecule is CN=C(NCCc1ccccc1)N(C)CCOCC1CC1.I. The second-order valence-corrected chi connectivity index (χ2v) is 5.65. The first-order valence-corrected chi connectivity index (χ1v) is 7.83. The maximum atomic E-state index is 5.67. The Labute approximate surface area is 151 Å². The van der Waals surface area contributed by atoms with Gasteiger partial charge in [-0.25, -0.2) is 0 Å². The molecule has 0 aromatic heterocycles. The van der Waals surface area contributed by atoms with Gasteiger partial charge in [-0.1, -0.05) is 30.3 Å². The third-order valence-corrected chi connectivity index (χ3v) is 3.73. The molecular weight excluding hydrogens is 389 g/mol. The molecule has 0 unspecified atom stereocenters. The van der Waals surface area contributed by atoms with Crippen molar-refractivity contribution < 1.29 is 4.74 Å². The van der Waals surface area contributed by atoms with Crippen molar-refractivity contribution >= 4 is 29.9 Å². The van der Waals surface area contributed by atoms with E-state index in [0.29, 0.717) is 0 Å². The molecule has 0 spiro atoms. The zero-order valence-corrected chi connectivity index (χ0v) is 16.0. The van der Waals surface area contributed by atoms with Gasteiger partial charge in [-0.05, 0) is 30.7 Å². The van der Waals surface area contributed by atoms with Gasteiger partial charge >= 0.3 is 0 Å². The third-order valence-electron chi connectivity index (χ3n) is 3.73. The van der Waals surface area contributed by atoms with E-state index in [4.69, 9.17) is 4.74 Å². The summed E-state index contributed by atoms with van der Waals surface area (Å²) in [6, 6.07) is 10.5. The molecule has 0 radical (unpaired) electrons. The molecule has 0 aliphatic heterocycles. The lowest BCUT2D eigenvalue weighted by Crippen LogP contribution is -2.41. The minimum absolute atomic E-state index is 0. The largest absolute Gasteiger partial charge is 0.379 e. The highest BCUT2D eigenvalue weighted by Crippen LogP contribution is 2.28. The van der Waals surface area contributed by atoms with Crippen LogP contribution in [0.4, 0.5) is 0 Å². The number of aliphatic imine (C=N–C) groups is 1. The van der Waals surface area contributed by atoms with Gasteiger partial charge in [0.05, 0.1) is 6.61 Å². The number of ether oxygens (including phenoxy) is 1. The zero-order chi connectivity index (χ0) is 14.9. The Morgan fingerprint density at radius 1 is 1.32 bits per heavy atom. The van der Waals surface area contributed by atoms with Gasteiger partial charge in [0, 0.05) is 33.8 Å². The van der Waals surface area contributed by atoms with Crippen LogP contribution in [0.5, 0.6) is 0 Å². The van der Waals surface area contributed by atoms with E-state index in [9.17, 15) is 0 Å². The molecule has 1 aliphatic rings. The van der Waals surface area contributed by atoms with Gasteiger partial charge in [0.15, 0.2) is 5.96 Å². The summed E-state index contributed by atoms with van der Waals surface area (Å²) in [6.07, 6.45) is 3.70. The molecule has 124 valence electrons. The number of nitrogens with one attached hydrogen (secondary N) is 1. The van der Waals surface area contributed by atoms with Crippen LogP contribution in [0.3, 0.4) is 0 Å². The highest BCUT2D eigenvalue weighted by Gasteiger charge is 2.21. The molecule has 2 rings (SSSR count). The Morgan fingerprint density at radius 3 is 2.68 bits per heavy atom. The van der Waals surface area contributed by atoms with Crippen molar-refractivity contribution in [3.63, 3.8) is 0 Å². The average Bonchev–Trinajstić information content (AvgIpc) is 3.33. The highest BCUT2D eigenvalue weighted by molar-refractivity contribution is 14.0. The Morgan fingerprint density at radius 2 is 2.05 bits per heavy atom. The van der Waals surface area contributed by atoms with Crippen molar-refractivity contribution in [3.8, 4) is 0 Å². The first-order valence-electron chi connectivity index (χ1n) is 7.83. The van der Waals surface area contributed by atoms with Crippen LogP contribution in [0.15, 0.2) is 35.3 Å². The molecule has 0 heterocycles. The van der Waals surface area contributed by atoms with Crippen molar-refractivity contribution in [2.24, 2.45) is 10.9 Å². The maximum Gasteiger partial charge on any atom is 0.193 e. The molecular formula is C17H28IN3O. The van der Waals surface area contributed by atoms with Gasteiger partial charge < -0.3 is 15.0 Å². The Bertz CT molecular complexity index is 435. The van der Waals surface area contributed by atoms with Crippen LogP contribution in [-0.2, 0) is 11.2 Å². The monoisotopic (exact) mass is 417 g/mol. The first-order chi connectivity index (χ1) is 10.3. The number of likely N-dealkylation sites (N-methyl/N-ethyl adjacent to an activating group) is 1. The number of benzene rings is 1. The molecule has 0 saturated heterocycles. The minimum Gasteiger partial charge on any atom is -0.379 e. The molecule has 1 N–H and O–H groups in total.